The minimum absolute atomic E-state index is 0.379. The van der Waals surface area contributed by atoms with Crippen LogP contribution < -0.4 is 0 Å². The van der Waals surface area contributed by atoms with Gasteiger partial charge >= 0.3 is 0 Å². The summed E-state index contributed by atoms with van der Waals surface area (Å²) in [6, 6.07) is 4.34. The van der Waals surface area contributed by atoms with Gasteiger partial charge in [0, 0.05) is 4.88 Å². The van der Waals surface area contributed by atoms with Gasteiger partial charge in [-0.15, -0.1) is 11.3 Å². The summed E-state index contributed by atoms with van der Waals surface area (Å²) in [5, 5.41) is 2.15. The monoisotopic (exact) mass is 258 g/mol. The highest BCUT2D eigenvalue weighted by atomic mass is 32.1. The van der Waals surface area contributed by atoms with Gasteiger partial charge in [0.2, 0.25) is 0 Å². The van der Waals surface area contributed by atoms with E-state index in [0.29, 0.717) is 5.73 Å². The van der Waals surface area contributed by atoms with E-state index in [9.17, 15) is 0 Å². The van der Waals surface area contributed by atoms with Gasteiger partial charge in [0.25, 0.3) is 0 Å². The maximum Gasteiger partial charge on any atom is 0.184 e. The van der Waals surface area contributed by atoms with E-state index in [0.717, 1.165) is 0 Å². The molecule has 1 heterocycles. The SMILES string of the molecule is C[Si](C)(C)OC(c1cccs1)[Si](C)(C)C. The molecule has 0 aliphatic carbocycles. The molecule has 15 heavy (non-hydrogen) atoms. The van der Waals surface area contributed by atoms with Gasteiger partial charge in [0.1, 0.15) is 0 Å². The predicted octanol–water partition coefficient (Wildman–Crippen LogP) is 4.52. The van der Waals surface area contributed by atoms with Crippen LogP contribution in [0.5, 0.6) is 0 Å². The van der Waals surface area contributed by atoms with E-state index in [4.69, 9.17) is 4.43 Å². The molecule has 0 saturated carbocycles. The van der Waals surface area contributed by atoms with Crippen LogP contribution in [0.4, 0.5) is 0 Å². The molecule has 0 aliphatic heterocycles. The first-order valence-corrected chi connectivity index (χ1v) is 13.3. The minimum atomic E-state index is -1.44. The van der Waals surface area contributed by atoms with E-state index < -0.39 is 16.4 Å². The Morgan fingerprint density at radius 1 is 1.13 bits per heavy atom. The Morgan fingerprint density at radius 2 is 1.73 bits per heavy atom. The van der Waals surface area contributed by atoms with Gasteiger partial charge in [-0.2, -0.15) is 0 Å². The summed E-state index contributed by atoms with van der Waals surface area (Å²) in [6.07, 6.45) is 0. The predicted molar refractivity (Wildman–Crippen MR) is 74.8 cm³/mol. The van der Waals surface area contributed by atoms with Gasteiger partial charge in [-0.05, 0) is 31.1 Å². The molecule has 0 aromatic carbocycles. The second-order valence-corrected chi connectivity index (χ2v) is 16.7. The molecular weight excluding hydrogens is 236 g/mol. The van der Waals surface area contributed by atoms with Crippen LogP contribution in [0.3, 0.4) is 0 Å². The lowest BCUT2D eigenvalue weighted by Crippen LogP contribution is -2.39. The van der Waals surface area contributed by atoms with Crippen molar-refractivity contribution in [1.82, 2.24) is 0 Å². The van der Waals surface area contributed by atoms with Crippen LogP contribution in [0, 0.1) is 0 Å². The van der Waals surface area contributed by atoms with Crippen molar-refractivity contribution < 1.29 is 4.43 Å². The van der Waals surface area contributed by atoms with E-state index >= 15 is 0 Å². The van der Waals surface area contributed by atoms with Crippen LogP contribution in [-0.2, 0) is 4.43 Å². The normalized spacial score (nSPS) is 15.3. The molecular formula is C11H22OSSi2. The second kappa shape index (κ2) is 4.53. The molecule has 0 amide bonds. The maximum atomic E-state index is 6.36. The summed E-state index contributed by atoms with van der Waals surface area (Å²) >= 11 is 1.83. The van der Waals surface area contributed by atoms with Gasteiger partial charge in [-0.25, -0.2) is 0 Å². The van der Waals surface area contributed by atoms with Crippen molar-refractivity contribution in [2.24, 2.45) is 0 Å². The van der Waals surface area contributed by atoms with E-state index in [-0.39, 0.29) is 0 Å². The van der Waals surface area contributed by atoms with E-state index in [1.807, 2.05) is 11.3 Å². The van der Waals surface area contributed by atoms with Crippen molar-refractivity contribution in [3.05, 3.63) is 22.4 Å². The molecule has 0 fully saturated rings. The van der Waals surface area contributed by atoms with Crippen LogP contribution in [-0.4, -0.2) is 16.4 Å². The quantitative estimate of drug-likeness (QED) is 0.722. The van der Waals surface area contributed by atoms with Crippen LogP contribution in [0.15, 0.2) is 17.5 Å². The first-order chi connectivity index (χ1) is 6.70. The summed E-state index contributed by atoms with van der Waals surface area (Å²) in [5.41, 5.74) is 0.379. The highest BCUT2D eigenvalue weighted by Crippen LogP contribution is 2.33. The molecule has 0 bridgehead atoms. The molecule has 0 N–H and O–H groups in total. The standard InChI is InChI=1S/C11H22OSSi2/c1-14(2,3)11(12-15(4,5)6)10-8-7-9-13-10/h7-9,11H,1-6H3. The number of rotatable bonds is 4. The van der Waals surface area contributed by atoms with Crippen molar-refractivity contribution >= 4 is 27.7 Å². The van der Waals surface area contributed by atoms with Crippen LogP contribution in [0.1, 0.15) is 10.6 Å². The topological polar surface area (TPSA) is 9.23 Å². The number of thiophene rings is 1. The fourth-order valence-corrected chi connectivity index (χ4v) is 7.71. The van der Waals surface area contributed by atoms with Gasteiger partial charge < -0.3 is 4.43 Å². The Labute approximate surface area is 99.6 Å². The van der Waals surface area contributed by atoms with Crippen molar-refractivity contribution in [3.8, 4) is 0 Å². The summed E-state index contributed by atoms with van der Waals surface area (Å²) in [6.45, 7) is 14.0. The molecule has 0 radical (unpaired) electrons. The Bertz CT molecular complexity index is 295. The van der Waals surface area contributed by atoms with Crippen LogP contribution in [0.2, 0.25) is 39.3 Å². The fourth-order valence-electron chi connectivity index (χ4n) is 1.46. The highest BCUT2D eigenvalue weighted by Gasteiger charge is 2.33. The molecule has 0 spiro atoms. The molecule has 1 nitrogen and oxygen atoms in total. The zero-order chi connectivity index (χ0) is 11.7. The molecule has 0 saturated heterocycles. The molecule has 1 aromatic heterocycles. The highest BCUT2D eigenvalue weighted by molar-refractivity contribution is 7.10. The second-order valence-electron chi connectivity index (χ2n) is 5.99. The third-order valence-corrected chi connectivity index (χ3v) is 6.36. The third kappa shape index (κ3) is 4.22. The summed E-state index contributed by atoms with van der Waals surface area (Å²) in [5.74, 6) is 0. The average Bonchev–Trinajstić information content (AvgIpc) is 2.47. The summed E-state index contributed by atoms with van der Waals surface area (Å²) < 4.78 is 6.36. The van der Waals surface area contributed by atoms with Crippen molar-refractivity contribution in [2.75, 3.05) is 0 Å². The molecule has 0 aliphatic rings. The molecule has 1 rings (SSSR count). The maximum absolute atomic E-state index is 6.36. The fraction of sp³-hybridized carbons (Fsp3) is 0.636. The summed E-state index contributed by atoms with van der Waals surface area (Å²) in [7, 11) is -2.72. The van der Waals surface area contributed by atoms with E-state index in [1.165, 1.54) is 4.88 Å². The van der Waals surface area contributed by atoms with Crippen molar-refractivity contribution in [2.45, 2.75) is 45.0 Å². The van der Waals surface area contributed by atoms with Gasteiger partial charge in [0.05, 0.1) is 13.8 Å². The Kier molecular flexibility index (Phi) is 3.97. The van der Waals surface area contributed by atoms with Crippen molar-refractivity contribution in [3.63, 3.8) is 0 Å². The molecule has 4 heteroatoms. The lowest BCUT2D eigenvalue weighted by molar-refractivity contribution is 0.272. The summed E-state index contributed by atoms with van der Waals surface area (Å²) in [4.78, 5) is 1.41. The zero-order valence-electron chi connectivity index (χ0n) is 10.6. The van der Waals surface area contributed by atoms with Crippen LogP contribution in [0.25, 0.3) is 0 Å². The van der Waals surface area contributed by atoms with E-state index in [2.05, 4.69) is 56.8 Å². The number of hydrogen-bond donors (Lipinski definition) is 0. The molecule has 1 atom stereocenters. The first kappa shape index (κ1) is 13.2. The molecule has 86 valence electrons. The van der Waals surface area contributed by atoms with Crippen LogP contribution >= 0.6 is 11.3 Å². The van der Waals surface area contributed by atoms with Gasteiger partial charge in [-0.1, -0.05) is 25.7 Å². The van der Waals surface area contributed by atoms with Crippen molar-refractivity contribution in [1.29, 1.82) is 0 Å². The Morgan fingerprint density at radius 3 is 2.07 bits per heavy atom. The lowest BCUT2D eigenvalue weighted by atomic mass is 10.5. The Hall–Kier alpha value is 0.0938. The Balaban J connectivity index is 2.90. The third-order valence-electron chi connectivity index (χ3n) is 2.06. The molecule has 1 aromatic rings. The van der Waals surface area contributed by atoms with E-state index in [1.54, 1.807) is 0 Å². The average molecular weight is 259 g/mol. The smallest absolute Gasteiger partial charge is 0.184 e. The largest absolute Gasteiger partial charge is 0.413 e. The van der Waals surface area contributed by atoms with Gasteiger partial charge in [0.15, 0.2) is 8.32 Å². The lowest BCUT2D eigenvalue weighted by Gasteiger charge is -2.34. The zero-order valence-corrected chi connectivity index (χ0v) is 13.4. The van der Waals surface area contributed by atoms with Gasteiger partial charge in [-0.3, -0.25) is 0 Å². The number of hydrogen-bond acceptors (Lipinski definition) is 2. The first-order valence-electron chi connectivity index (χ1n) is 5.41. The molecule has 1 unspecified atom stereocenters. The minimum Gasteiger partial charge on any atom is -0.413 e.